The number of amides is 1. The summed E-state index contributed by atoms with van der Waals surface area (Å²) < 4.78 is 11.1. The molecule has 0 aromatic carbocycles. The number of aromatic nitrogens is 2. The highest BCUT2D eigenvalue weighted by atomic mass is 32.1. The van der Waals surface area contributed by atoms with Gasteiger partial charge in [0.05, 0.1) is 18.9 Å². The summed E-state index contributed by atoms with van der Waals surface area (Å²) in [7, 11) is 0. The third kappa shape index (κ3) is 4.27. The molecule has 0 saturated carbocycles. The molecule has 1 N–H and O–H groups in total. The molecule has 0 aliphatic carbocycles. The summed E-state index contributed by atoms with van der Waals surface area (Å²) in [4.78, 5) is 20.8. The Kier molecular flexibility index (Phi) is 4.88. The molecule has 1 fully saturated rings. The van der Waals surface area contributed by atoms with Gasteiger partial charge in [-0.3, -0.25) is 10.1 Å². The third-order valence-corrected chi connectivity index (χ3v) is 4.38. The van der Waals surface area contributed by atoms with E-state index < -0.39 is 0 Å². The van der Waals surface area contributed by atoms with Gasteiger partial charge in [-0.1, -0.05) is 0 Å². The van der Waals surface area contributed by atoms with Crippen molar-refractivity contribution in [2.75, 3.05) is 25.1 Å². The van der Waals surface area contributed by atoms with Crippen molar-refractivity contribution in [1.82, 2.24) is 9.97 Å². The van der Waals surface area contributed by atoms with Crippen LogP contribution in [0.2, 0.25) is 0 Å². The number of pyridine rings is 1. The minimum absolute atomic E-state index is 0.280. The highest BCUT2D eigenvalue weighted by molar-refractivity contribution is 7.13. The number of nitrogens with zero attached hydrogens (tertiary/aromatic N) is 2. The predicted octanol–water partition coefficient (Wildman–Crippen LogP) is 2.82. The highest BCUT2D eigenvalue weighted by Crippen LogP contribution is 2.20. The van der Waals surface area contributed by atoms with Gasteiger partial charge in [0, 0.05) is 35.7 Å². The van der Waals surface area contributed by atoms with Crippen molar-refractivity contribution in [2.45, 2.75) is 20.3 Å². The van der Waals surface area contributed by atoms with Crippen molar-refractivity contribution in [1.29, 1.82) is 0 Å². The van der Waals surface area contributed by atoms with E-state index in [1.807, 2.05) is 25.3 Å². The first-order valence-corrected chi connectivity index (χ1v) is 8.41. The Morgan fingerprint density at radius 3 is 2.96 bits per heavy atom. The molecule has 1 saturated heterocycles. The Labute approximate surface area is 138 Å². The number of rotatable bonds is 5. The van der Waals surface area contributed by atoms with Crippen molar-refractivity contribution >= 4 is 22.4 Å². The maximum Gasteiger partial charge on any atom is 0.276 e. The number of carbonyl (C=O) groups is 1. The number of ether oxygens (including phenoxy) is 2. The maximum absolute atomic E-state index is 12.3. The fraction of sp³-hybridized carbons (Fsp3) is 0.438. The van der Waals surface area contributed by atoms with Crippen LogP contribution in [0.1, 0.15) is 28.3 Å². The summed E-state index contributed by atoms with van der Waals surface area (Å²) in [5.74, 6) is 0.793. The molecule has 122 valence electrons. The van der Waals surface area contributed by atoms with Crippen LogP contribution in [0.4, 0.5) is 5.13 Å². The first-order valence-electron chi connectivity index (χ1n) is 7.53. The Morgan fingerprint density at radius 1 is 1.39 bits per heavy atom. The zero-order chi connectivity index (χ0) is 16.2. The minimum Gasteiger partial charge on any atom is -0.493 e. The number of thiazole rings is 1. The lowest BCUT2D eigenvalue weighted by molar-refractivity contribution is 0.102. The maximum atomic E-state index is 12.3. The molecular formula is C16H19N3O3S. The summed E-state index contributed by atoms with van der Waals surface area (Å²) in [6.45, 7) is 5.85. The molecule has 3 rings (SSSR count). The smallest absolute Gasteiger partial charge is 0.276 e. The molecule has 2 aromatic heterocycles. The molecule has 2 aromatic rings. The van der Waals surface area contributed by atoms with Gasteiger partial charge in [-0.2, -0.15) is 0 Å². The van der Waals surface area contributed by atoms with Gasteiger partial charge in [0.2, 0.25) is 0 Å². The quantitative estimate of drug-likeness (QED) is 0.911. The molecule has 6 nitrogen and oxygen atoms in total. The monoisotopic (exact) mass is 333 g/mol. The van der Waals surface area contributed by atoms with Crippen LogP contribution in [0.25, 0.3) is 0 Å². The Morgan fingerprint density at radius 2 is 2.26 bits per heavy atom. The molecular weight excluding hydrogens is 314 g/mol. The molecule has 3 heterocycles. The topological polar surface area (TPSA) is 73.3 Å². The summed E-state index contributed by atoms with van der Waals surface area (Å²) in [5, 5.41) is 5.22. The molecule has 0 unspecified atom stereocenters. The van der Waals surface area contributed by atoms with Gasteiger partial charge in [0.15, 0.2) is 5.13 Å². The average Bonchev–Trinajstić information content (AvgIpc) is 3.16. The van der Waals surface area contributed by atoms with Crippen molar-refractivity contribution in [3.63, 3.8) is 0 Å². The van der Waals surface area contributed by atoms with E-state index in [1.165, 1.54) is 11.3 Å². The van der Waals surface area contributed by atoms with Crippen LogP contribution in [-0.4, -0.2) is 35.7 Å². The normalized spacial score (nSPS) is 17.2. The van der Waals surface area contributed by atoms with Crippen LogP contribution in [-0.2, 0) is 4.74 Å². The molecule has 1 atom stereocenters. The van der Waals surface area contributed by atoms with Crippen molar-refractivity contribution in [3.8, 4) is 5.75 Å². The van der Waals surface area contributed by atoms with Crippen LogP contribution in [0.15, 0.2) is 17.5 Å². The Balaban J connectivity index is 1.67. The SMILES string of the molecule is Cc1cc(OC[C@H]2CCOC2)cc(C(=O)Nc2nc(C)cs2)n1. The number of anilines is 1. The number of hydrogen-bond donors (Lipinski definition) is 1. The lowest BCUT2D eigenvalue weighted by Gasteiger charge is -2.12. The third-order valence-electron chi connectivity index (χ3n) is 3.51. The van der Waals surface area contributed by atoms with Crippen LogP contribution >= 0.6 is 11.3 Å². The van der Waals surface area contributed by atoms with Gasteiger partial charge < -0.3 is 9.47 Å². The second kappa shape index (κ2) is 7.06. The van der Waals surface area contributed by atoms with E-state index in [1.54, 1.807) is 6.07 Å². The number of carbonyl (C=O) groups excluding carboxylic acids is 1. The van der Waals surface area contributed by atoms with E-state index >= 15 is 0 Å². The van der Waals surface area contributed by atoms with E-state index in [0.29, 0.717) is 29.1 Å². The first-order chi connectivity index (χ1) is 11.1. The molecule has 0 radical (unpaired) electrons. The number of nitrogens with one attached hydrogen (secondary N) is 1. The van der Waals surface area contributed by atoms with Gasteiger partial charge in [0.25, 0.3) is 5.91 Å². The van der Waals surface area contributed by atoms with Crippen LogP contribution in [0.5, 0.6) is 5.75 Å². The minimum atomic E-state index is -0.280. The first kappa shape index (κ1) is 15.9. The van der Waals surface area contributed by atoms with Gasteiger partial charge in [0.1, 0.15) is 11.4 Å². The molecule has 1 amide bonds. The van der Waals surface area contributed by atoms with E-state index in [-0.39, 0.29) is 5.91 Å². The molecule has 23 heavy (non-hydrogen) atoms. The summed E-state index contributed by atoms with van der Waals surface area (Å²) in [5.41, 5.74) is 1.95. The van der Waals surface area contributed by atoms with Crippen LogP contribution < -0.4 is 10.1 Å². The lowest BCUT2D eigenvalue weighted by Crippen LogP contribution is -2.15. The summed E-state index contributed by atoms with van der Waals surface area (Å²) in [6, 6.07) is 3.50. The predicted molar refractivity (Wildman–Crippen MR) is 88.2 cm³/mol. The van der Waals surface area contributed by atoms with E-state index in [2.05, 4.69) is 15.3 Å². The van der Waals surface area contributed by atoms with E-state index in [0.717, 1.165) is 31.0 Å². The van der Waals surface area contributed by atoms with Gasteiger partial charge in [-0.05, 0) is 20.3 Å². The van der Waals surface area contributed by atoms with Crippen molar-refractivity contribution in [3.05, 3.63) is 34.6 Å². The standard InChI is InChI=1S/C16H19N3O3S/c1-10-5-13(22-8-12-3-4-21-7-12)6-14(17-10)15(20)19-16-18-11(2)9-23-16/h5-6,9,12H,3-4,7-8H2,1-2H3,(H,18,19,20)/t12-/m0/s1. The van der Waals surface area contributed by atoms with Crippen LogP contribution in [0, 0.1) is 19.8 Å². The van der Waals surface area contributed by atoms with Crippen molar-refractivity contribution in [2.24, 2.45) is 5.92 Å². The molecule has 1 aliphatic rings. The largest absolute Gasteiger partial charge is 0.493 e. The van der Waals surface area contributed by atoms with Gasteiger partial charge >= 0.3 is 0 Å². The van der Waals surface area contributed by atoms with E-state index in [4.69, 9.17) is 9.47 Å². The average molecular weight is 333 g/mol. The molecule has 7 heteroatoms. The Hall–Kier alpha value is -1.99. The fourth-order valence-electron chi connectivity index (χ4n) is 2.34. The number of hydrogen-bond acceptors (Lipinski definition) is 6. The van der Waals surface area contributed by atoms with Crippen LogP contribution in [0.3, 0.4) is 0 Å². The summed E-state index contributed by atoms with van der Waals surface area (Å²) >= 11 is 1.39. The molecule has 0 bridgehead atoms. The highest BCUT2D eigenvalue weighted by Gasteiger charge is 2.17. The lowest BCUT2D eigenvalue weighted by atomic mass is 10.1. The van der Waals surface area contributed by atoms with Gasteiger partial charge in [-0.15, -0.1) is 11.3 Å². The zero-order valence-electron chi connectivity index (χ0n) is 13.2. The van der Waals surface area contributed by atoms with E-state index in [9.17, 15) is 4.79 Å². The fourth-order valence-corrected chi connectivity index (χ4v) is 3.02. The second-order valence-electron chi connectivity index (χ2n) is 5.62. The molecule has 1 aliphatic heterocycles. The van der Waals surface area contributed by atoms with Crippen molar-refractivity contribution < 1.29 is 14.3 Å². The Bertz CT molecular complexity index is 696. The molecule has 0 spiro atoms. The van der Waals surface area contributed by atoms with Gasteiger partial charge in [-0.25, -0.2) is 9.97 Å². The summed E-state index contributed by atoms with van der Waals surface area (Å²) in [6.07, 6.45) is 1.01. The number of aryl methyl sites for hydroxylation is 2. The zero-order valence-corrected chi connectivity index (χ0v) is 14.0. The second-order valence-corrected chi connectivity index (χ2v) is 6.48.